The topological polar surface area (TPSA) is 29.5 Å². The van der Waals surface area contributed by atoms with Gasteiger partial charge < -0.3 is 4.74 Å². The molecule has 0 aromatic heterocycles. The van der Waals surface area contributed by atoms with Crippen molar-refractivity contribution in [1.82, 2.24) is 0 Å². The number of alkyl halides is 2. The molecule has 0 atom stereocenters. The van der Waals surface area contributed by atoms with E-state index < -0.39 is 0 Å². The molecule has 0 spiro atoms. The maximum absolute atomic E-state index is 12.0. The van der Waals surface area contributed by atoms with Crippen molar-refractivity contribution < 1.29 is 13.9 Å². The van der Waals surface area contributed by atoms with Crippen molar-refractivity contribution in [3.63, 3.8) is 0 Å². The zero-order chi connectivity index (χ0) is 15.5. The fourth-order valence-electron chi connectivity index (χ4n) is 2.02. The smallest absolute Gasteiger partial charge is 0.243 e. The molecule has 0 fully saturated rings. The van der Waals surface area contributed by atoms with Gasteiger partial charge in [-0.1, -0.05) is 32.0 Å². The molecule has 0 heterocycles. The molecule has 0 aliphatic rings. The summed E-state index contributed by atoms with van der Waals surface area (Å²) in [6.07, 6.45) is 1.75. The van der Waals surface area contributed by atoms with Gasteiger partial charge >= 0.3 is 0 Å². The highest BCUT2D eigenvalue weighted by Gasteiger charge is 2.19. The molecule has 0 unspecified atom stereocenters. The van der Waals surface area contributed by atoms with Crippen LogP contribution in [0.4, 0.5) is 10.1 Å². The van der Waals surface area contributed by atoms with E-state index in [0.29, 0.717) is 7.18 Å². The number of ether oxygens (including phenoxy) is 1. The van der Waals surface area contributed by atoms with Crippen molar-refractivity contribution in [2.45, 2.75) is 26.7 Å². The second-order valence-electron chi connectivity index (χ2n) is 4.01. The number of para-hydroxylation sites is 1. The Labute approximate surface area is 125 Å². The Bertz CT molecular complexity index is 391. The van der Waals surface area contributed by atoms with E-state index in [9.17, 15) is 9.18 Å². The molecule has 1 amide bonds. The van der Waals surface area contributed by atoms with Crippen LogP contribution in [0.1, 0.15) is 25.0 Å². The lowest BCUT2D eigenvalue weighted by molar-refractivity contribution is -0.117. The summed E-state index contributed by atoms with van der Waals surface area (Å²) in [5, 5.41) is 0. The Kier molecular flexibility index (Phi) is 10.0. The van der Waals surface area contributed by atoms with E-state index in [1.807, 2.05) is 18.2 Å². The van der Waals surface area contributed by atoms with Crippen LogP contribution in [0.3, 0.4) is 0 Å². The molecular weight excluding hydrogens is 281 g/mol. The first-order valence-corrected chi connectivity index (χ1v) is 7.06. The van der Waals surface area contributed by atoms with Gasteiger partial charge in [0.1, 0.15) is 12.6 Å². The SMILES string of the molecule is CCc1cccc(CC)c1N(COC)C(=O)CCl.CF. The van der Waals surface area contributed by atoms with Gasteiger partial charge in [0.2, 0.25) is 5.91 Å². The third-order valence-electron chi connectivity index (χ3n) is 2.91. The van der Waals surface area contributed by atoms with Crippen LogP contribution in [-0.4, -0.2) is 32.8 Å². The molecule has 0 saturated heterocycles. The summed E-state index contributed by atoms with van der Waals surface area (Å²) in [7, 11) is 2.08. The Balaban J connectivity index is 0.00000172. The van der Waals surface area contributed by atoms with Crippen molar-refractivity contribution >= 4 is 23.2 Å². The molecule has 5 heteroatoms. The molecule has 0 aliphatic carbocycles. The first-order valence-electron chi connectivity index (χ1n) is 6.53. The van der Waals surface area contributed by atoms with Crippen LogP contribution in [0.15, 0.2) is 18.2 Å². The summed E-state index contributed by atoms with van der Waals surface area (Å²) in [6.45, 7) is 4.39. The summed E-state index contributed by atoms with van der Waals surface area (Å²) in [5.74, 6) is -0.168. The van der Waals surface area contributed by atoms with Crippen molar-refractivity contribution in [2.24, 2.45) is 0 Å². The number of rotatable bonds is 6. The van der Waals surface area contributed by atoms with Gasteiger partial charge in [-0.25, -0.2) is 0 Å². The van der Waals surface area contributed by atoms with Gasteiger partial charge in [0.25, 0.3) is 0 Å². The number of hydrogen-bond donors (Lipinski definition) is 0. The van der Waals surface area contributed by atoms with Gasteiger partial charge in [-0.3, -0.25) is 14.1 Å². The van der Waals surface area contributed by atoms with Crippen molar-refractivity contribution in [1.29, 1.82) is 0 Å². The molecule has 0 N–H and O–H groups in total. The summed E-state index contributed by atoms with van der Waals surface area (Å²) in [4.78, 5) is 13.6. The third-order valence-corrected chi connectivity index (χ3v) is 3.14. The minimum Gasteiger partial charge on any atom is -0.364 e. The minimum absolute atomic E-state index is 0.0371. The maximum atomic E-state index is 12.0. The molecule has 1 aromatic carbocycles. The average molecular weight is 304 g/mol. The number of aryl methyl sites for hydroxylation is 2. The summed E-state index contributed by atoms with van der Waals surface area (Å²) in [6, 6.07) is 6.11. The van der Waals surface area contributed by atoms with Gasteiger partial charge in [0, 0.05) is 7.11 Å². The number of carbonyl (C=O) groups is 1. The second-order valence-corrected chi connectivity index (χ2v) is 4.27. The van der Waals surface area contributed by atoms with Gasteiger partial charge in [0.05, 0.1) is 12.9 Å². The number of nitrogens with zero attached hydrogens (tertiary/aromatic N) is 1. The van der Waals surface area contributed by atoms with Crippen LogP contribution in [0.2, 0.25) is 0 Å². The van der Waals surface area contributed by atoms with Gasteiger partial charge in [0.15, 0.2) is 0 Å². The molecule has 0 saturated carbocycles. The van der Waals surface area contributed by atoms with Crippen LogP contribution >= 0.6 is 11.6 Å². The number of anilines is 1. The van der Waals surface area contributed by atoms with E-state index in [0.717, 1.165) is 29.7 Å². The first kappa shape index (κ1) is 18.9. The quantitative estimate of drug-likeness (QED) is 0.594. The van der Waals surface area contributed by atoms with E-state index in [2.05, 4.69) is 13.8 Å². The number of carbonyl (C=O) groups excluding carboxylic acids is 1. The van der Waals surface area contributed by atoms with Crippen LogP contribution in [0.25, 0.3) is 0 Å². The van der Waals surface area contributed by atoms with E-state index in [-0.39, 0.29) is 18.5 Å². The van der Waals surface area contributed by atoms with Crippen LogP contribution in [-0.2, 0) is 22.4 Å². The predicted molar refractivity (Wildman–Crippen MR) is 82.3 cm³/mol. The highest BCUT2D eigenvalue weighted by Crippen LogP contribution is 2.27. The van der Waals surface area contributed by atoms with Crippen molar-refractivity contribution in [3.05, 3.63) is 29.3 Å². The molecule has 0 bridgehead atoms. The number of hydrogen-bond acceptors (Lipinski definition) is 2. The highest BCUT2D eigenvalue weighted by molar-refractivity contribution is 6.29. The molecular formula is C15H23ClFNO2. The summed E-state index contributed by atoms with van der Waals surface area (Å²) >= 11 is 5.68. The Morgan fingerprint density at radius 2 is 1.75 bits per heavy atom. The molecule has 0 radical (unpaired) electrons. The van der Waals surface area contributed by atoms with Gasteiger partial charge in [-0.2, -0.15) is 0 Å². The fraction of sp³-hybridized carbons (Fsp3) is 0.533. The lowest BCUT2D eigenvalue weighted by Crippen LogP contribution is -2.35. The zero-order valence-electron chi connectivity index (χ0n) is 12.6. The molecule has 3 nitrogen and oxygen atoms in total. The number of halogens is 2. The maximum Gasteiger partial charge on any atom is 0.243 e. The second kappa shape index (κ2) is 10.6. The largest absolute Gasteiger partial charge is 0.364 e. The monoisotopic (exact) mass is 303 g/mol. The van der Waals surface area contributed by atoms with Gasteiger partial charge in [-0.15, -0.1) is 11.6 Å². The van der Waals surface area contributed by atoms with Crippen LogP contribution < -0.4 is 4.90 Å². The number of benzene rings is 1. The third kappa shape index (κ3) is 4.76. The Morgan fingerprint density at radius 3 is 2.10 bits per heavy atom. The lowest BCUT2D eigenvalue weighted by Gasteiger charge is -2.26. The number of amides is 1. The number of methoxy groups -OCH3 is 1. The Hall–Kier alpha value is -1.13. The zero-order valence-corrected chi connectivity index (χ0v) is 13.3. The normalized spacial score (nSPS) is 9.70. The molecule has 0 aliphatic heterocycles. The molecule has 20 heavy (non-hydrogen) atoms. The van der Waals surface area contributed by atoms with Crippen molar-refractivity contribution in [3.8, 4) is 0 Å². The Morgan fingerprint density at radius 1 is 1.25 bits per heavy atom. The molecule has 114 valence electrons. The molecule has 1 rings (SSSR count). The van der Waals surface area contributed by atoms with E-state index >= 15 is 0 Å². The summed E-state index contributed by atoms with van der Waals surface area (Å²) in [5.41, 5.74) is 3.24. The van der Waals surface area contributed by atoms with E-state index in [1.165, 1.54) is 0 Å². The first-order chi connectivity index (χ1) is 9.69. The van der Waals surface area contributed by atoms with E-state index in [1.54, 1.807) is 12.0 Å². The summed E-state index contributed by atoms with van der Waals surface area (Å²) < 4.78 is 14.6. The highest BCUT2D eigenvalue weighted by atomic mass is 35.5. The lowest BCUT2D eigenvalue weighted by atomic mass is 10.0. The van der Waals surface area contributed by atoms with E-state index in [4.69, 9.17) is 16.3 Å². The standard InChI is InChI=1S/C14H20ClNO2.CH3F/c1-4-11-7-6-8-12(5-2)14(11)16(10-18-3)13(17)9-15;1-2/h6-8H,4-5,9-10H2,1-3H3;1H3. The van der Waals surface area contributed by atoms with Crippen LogP contribution in [0, 0.1) is 0 Å². The predicted octanol–water partition coefficient (Wildman–Crippen LogP) is 3.57. The average Bonchev–Trinajstić information content (AvgIpc) is 2.53. The van der Waals surface area contributed by atoms with Crippen LogP contribution in [0.5, 0.6) is 0 Å². The fourth-order valence-corrected chi connectivity index (χ4v) is 2.17. The molecule has 1 aromatic rings. The van der Waals surface area contributed by atoms with Crippen molar-refractivity contribution in [2.75, 3.05) is 31.8 Å². The van der Waals surface area contributed by atoms with Gasteiger partial charge in [-0.05, 0) is 24.0 Å². The minimum atomic E-state index is -0.130.